The fraction of sp³-hybridized carbons (Fsp3) is 0.500. The van der Waals surface area contributed by atoms with E-state index >= 15 is 0 Å². The molecule has 0 unspecified atom stereocenters. The van der Waals surface area contributed by atoms with Gasteiger partial charge in [-0.1, -0.05) is 33.6 Å². The molecule has 4 fully saturated rings. The minimum atomic E-state index is -0.147. The fourth-order valence-corrected chi connectivity index (χ4v) is 6.82. The molecular weight excluding hydrogens is 452 g/mol. The molecule has 0 aliphatic heterocycles. The van der Waals surface area contributed by atoms with E-state index in [4.69, 9.17) is 4.74 Å². The molecule has 4 aliphatic rings. The molecule has 0 heterocycles. The van der Waals surface area contributed by atoms with E-state index in [1.165, 1.54) is 44.1 Å². The number of ether oxygens (including phenoxy) is 1. The maximum Gasteiger partial charge on any atom is 0.262 e. The second-order valence-electron chi connectivity index (χ2n) is 10.0. The van der Waals surface area contributed by atoms with Crippen LogP contribution in [0.5, 0.6) is 5.75 Å². The quantitative estimate of drug-likeness (QED) is 0.521. The molecule has 164 valence electrons. The minimum absolute atomic E-state index is 0.000125. The molecule has 0 radical (unpaired) electrons. The minimum Gasteiger partial charge on any atom is -0.483 e. The lowest BCUT2D eigenvalue weighted by Crippen LogP contribution is -2.58. The topological polar surface area (TPSA) is 50.4 Å². The van der Waals surface area contributed by atoms with E-state index in [0.717, 1.165) is 45.8 Å². The molecule has 31 heavy (non-hydrogen) atoms. The maximum absolute atomic E-state index is 12.4. The zero-order valence-corrected chi connectivity index (χ0v) is 19.7. The van der Waals surface area contributed by atoms with E-state index in [2.05, 4.69) is 32.6 Å². The van der Waals surface area contributed by atoms with Crippen molar-refractivity contribution in [2.45, 2.75) is 57.5 Å². The zero-order valence-electron chi connectivity index (χ0n) is 18.1. The zero-order chi connectivity index (χ0) is 21.4. The number of hydrogen-bond donors (Lipinski definition) is 2. The largest absolute Gasteiger partial charge is 0.483 e. The highest BCUT2D eigenvalue weighted by atomic mass is 79.9. The molecule has 0 atom stereocenters. The summed E-state index contributed by atoms with van der Waals surface area (Å²) in [6.45, 7) is 2.81. The van der Waals surface area contributed by atoms with Gasteiger partial charge in [0.1, 0.15) is 5.75 Å². The molecule has 2 N–H and O–H groups in total. The van der Waals surface area contributed by atoms with E-state index in [1.807, 2.05) is 43.3 Å². The molecule has 0 aromatic heterocycles. The van der Waals surface area contributed by atoms with Crippen LogP contribution in [0.1, 0.15) is 49.7 Å². The van der Waals surface area contributed by atoms with Crippen LogP contribution < -0.4 is 15.4 Å². The van der Waals surface area contributed by atoms with Crippen molar-refractivity contribution in [3.63, 3.8) is 0 Å². The van der Waals surface area contributed by atoms with Crippen LogP contribution in [0.2, 0.25) is 0 Å². The smallest absolute Gasteiger partial charge is 0.262 e. The van der Waals surface area contributed by atoms with Gasteiger partial charge in [0.15, 0.2) is 6.61 Å². The van der Waals surface area contributed by atoms with Gasteiger partial charge in [-0.15, -0.1) is 0 Å². The predicted molar refractivity (Wildman–Crippen MR) is 127 cm³/mol. The SMILES string of the molecule is Cc1ccc(NC(=O)COc2ccc(Br)cc2CNC23CC4CC(CC(C4)C2)C3)cc1. The van der Waals surface area contributed by atoms with Crippen molar-refractivity contribution in [3.05, 3.63) is 58.1 Å². The summed E-state index contributed by atoms with van der Waals surface area (Å²) in [5.74, 6) is 3.39. The molecule has 0 saturated heterocycles. The van der Waals surface area contributed by atoms with Crippen LogP contribution >= 0.6 is 15.9 Å². The summed E-state index contributed by atoms with van der Waals surface area (Å²) in [5.41, 5.74) is 3.36. The highest BCUT2D eigenvalue weighted by Crippen LogP contribution is 2.55. The Hall–Kier alpha value is -1.85. The molecule has 1 amide bonds. The van der Waals surface area contributed by atoms with Gasteiger partial charge in [-0.3, -0.25) is 4.79 Å². The normalized spacial score (nSPS) is 28.5. The third-order valence-corrected chi connectivity index (χ3v) is 7.90. The third kappa shape index (κ3) is 4.83. The standard InChI is InChI=1S/C26H31BrN2O2/c1-17-2-5-23(6-3-17)29-25(30)16-31-24-7-4-22(27)11-21(24)15-28-26-12-18-8-19(13-26)10-20(9-18)14-26/h2-7,11,18-20,28H,8-10,12-16H2,1H3,(H,29,30). The summed E-state index contributed by atoms with van der Waals surface area (Å²) in [4.78, 5) is 12.4. The van der Waals surface area contributed by atoms with Crippen molar-refractivity contribution in [2.24, 2.45) is 17.8 Å². The van der Waals surface area contributed by atoms with Crippen molar-refractivity contribution in [2.75, 3.05) is 11.9 Å². The second-order valence-corrected chi connectivity index (χ2v) is 10.9. The van der Waals surface area contributed by atoms with Crippen LogP contribution in [0.25, 0.3) is 0 Å². The van der Waals surface area contributed by atoms with Crippen LogP contribution in [0.3, 0.4) is 0 Å². The number of carbonyl (C=O) groups is 1. The first-order valence-electron chi connectivity index (χ1n) is 11.5. The fourth-order valence-electron chi connectivity index (χ4n) is 6.41. The Labute approximate surface area is 193 Å². The molecular formula is C26H31BrN2O2. The van der Waals surface area contributed by atoms with Gasteiger partial charge >= 0.3 is 0 Å². The first-order valence-corrected chi connectivity index (χ1v) is 12.3. The van der Waals surface area contributed by atoms with Gasteiger partial charge in [0, 0.05) is 27.8 Å². The van der Waals surface area contributed by atoms with Crippen molar-refractivity contribution < 1.29 is 9.53 Å². The number of amides is 1. The maximum atomic E-state index is 12.4. The van der Waals surface area contributed by atoms with Gasteiger partial charge < -0.3 is 15.4 Å². The van der Waals surface area contributed by atoms with Gasteiger partial charge in [-0.25, -0.2) is 0 Å². The predicted octanol–water partition coefficient (Wildman–Crippen LogP) is 5.83. The first kappa shape index (κ1) is 21.0. The Morgan fingerprint density at radius 2 is 1.68 bits per heavy atom. The Morgan fingerprint density at radius 3 is 2.32 bits per heavy atom. The highest BCUT2D eigenvalue weighted by molar-refractivity contribution is 9.10. The van der Waals surface area contributed by atoms with E-state index in [1.54, 1.807) is 0 Å². The van der Waals surface area contributed by atoms with Gasteiger partial charge in [0.2, 0.25) is 0 Å². The number of aryl methyl sites for hydroxylation is 1. The molecule has 4 saturated carbocycles. The molecule has 5 heteroatoms. The van der Waals surface area contributed by atoms with Gasteiger partial charge in [-0.2, -0.15) is 0 Å². The van der Waals surface area contributed by atoms with Crippen molar-refractivity contribution in [1.29, 1.82) is 0 Å². The summed E-state index contributed by atoms with van der Waals surface area (Å²) < 4.78 is 6.98. The van der Waals surface area contributed by atoms with Crippen LogP contribution in [0.4, 0.5) is 5.69 Å². The number of nitrogens with one attached hydrogen (secondary N) is 2. The molecule has 4 bridgehead atoms. The number of carbonyl (C=O) groups excluding carboxylic acids is 1. The molecule has 4 aliphatic carbocycles. The van der Waals surface area contributed by atoms with Gasteiger partial charge in [0.05, 0.1) is 0 Å². The Bertz CT molecular complexity index is 921. The Kier molecular flexibility index (Phi) is 5.82. The molecule has 2 aromatic carbocycles. The number of anilines is 1. The summed E-state index contributed by atoms with van der Waals surface area (Å²) in [5, 5.41) is 6.84. The Morgan fingerprint density at radius 1 is 1.03 bits per heavy atom. The Balaban J connectivity index is 1.21. The van der Waals surface area contributed by atoms with Crippen LogP contribution in [-0.2, 0) is 11.3 Å². The summed E-state index contributed by atoms with van der Waals surface area (Å²) >= 11 is 3.60. The average Bonchev–Trinajstić information content (AvgIpc) is 2.72. The number of hydrogen-bond acceptors (Lipinski definition) is 3. The molecule has 2 aromatic rings. The highest BCUT2D eigenvalue weighted by Gasteiger charge is 2.50. The van der Waals surface area contributed by atoms with E-state index in [0.29, 0.717) is 5.54 Å². The van der Waals surface area contributed by atoms with Crippen molar-refractivity contribution >= 4 is 27.5 Å². The van der Waals surface area contributed by atoms with Crippen LogP contribution in [0, 0.1) is 24.7 Å². The van der Waals surface area contributed by atoms with Crippen molar-refractivity contribution in [3.8, 4) is 5.75 Å². The summed E-state index contributed by atoms with van der Waals surface area (Å²) in [6.07, 6.45) is 8.30. The average molecular weight is 483 g/mol. The van der Waals surface area contributed by atoms with Gasteiger partial charge in [-0.05, 0) is 93.5 Å². The van der Waals surface area contributed by atoms with E-state index in [-0.39, 0.29) is 12.5 Å². The lowest BCUT2D eigenvalue weighted by Gasteiger charge is -2.57. The molecule has 6 rings (SSSR count). The molecule has 0 spiro atoms. The number of benzene rings is 2. The number of rotatable bonds is 7. The summed E-state index contributed by atoms with van der Waals surface area (Å²) in [6, 6.07) is 13.8. The lowest BCUT2D eigenvalue weighted by molar-refractivity contribution is -0.118. The van der Waals surface area contributed by atoms with E-state index < -0.39 is 0 Å². The molecule has 4 nitrogen and oxygen atoms in total. The van der Waals surface area contributed by atoms with Crippen LogP contribution in [-0.4, -0.2) is 18.1 Å². The third-order valence-electron chi connectivity index (χ3n) is 7.41. The van der Waals surface area contributed by atoms with Gasteiger partial charge in [0.25, 0.3) is 5.91 Å². The lowest BCUT2D eigenvalue weighted by atomic mass is 9.53. The second kappa shape index (κ2) is 8.59. The first-order chi connectivity index (χ1) is 15.0. The van der Waals surface area contributed by atoms with Crippen molar-refractivity contribution in [1.82, 2.24) is 5.32 Å². The monoisotopic (exact) mass is 482 g/mol. The number of halogens is 1. The van der Waals surface area contributed by atoms with Crippen LogP contribution in [0.15, 0.2) is 46.9 Å². The van der Waals surface area contributed by atoms with E-state index in [9.17, 15) is 4.79 Å². The summed E-state index contributed by atoms with van der Waals surface area (Å²) in [7, 11) is 0.